The van der Waals surface area contributed by atoms with Gasteiger partial charge in [0.05, 0.1) is 18.4 Å². The Bertz CT molecular complexity index is 588. The van der Waals surface area contributed by atoms with E-state index in [2.05, 4.69) is 4.74 Å². The average Bonchev–Trinajstić information content (AvgIpc) is 2.69. The average molecular weight is 416 g/mol. The van der Waals surface area contributed by atoms with Gasteiger partial charge in [0.25, 0.3) is 6.43 Å². The van der Waals surface area contributed by atoms with Crippen LogP contribution in [0.15, 0.2) is 0 Å². The lowest BCUT2D eigenvalue weighted by molar-refractivity contribution is -0.175. The normalized spacial score (nSPS) is 39.4. The number of carbonyl (C=O) groups is 2. The van der Waals surface area contributed by atoms with Crippen LogP contribution < -0.4 is 0 Å². The van der Waals surface area contributed by atoms with Crippen LogP contribution in [0.4, 0.5) is 13.2 Å². The third-order valence-electron chi connectivity index (χ3n) is 7.76. The number of alkyl halides is 3. The third-order valence-corrected chi connectivity index (χ3v) is 7.76. The van der Waals surface area contributed by atoms with Gasteiger partial charge in [-0.3, -0.25) is 9.59 Å². The van der Waals surface area contributed by atoms with Gasteiger partial charge in [-0.1, -0.05) is 12.8 Å². The quantitative estimate of drug-likeness (QED) is 0.565. The van der Waals surface area contributed by atoms with Crippen molar-refractivity contribution in [1.82, 2.24) is 0 Å². The number of hydrogen-bond donors (Lipinski definition) is 0. The van der Waals surface area contributed by atoms with Crippen molar-refractivity contribution in [1.29, 1.82) is 0 Å². The van der Waals surface area contributed by atoms with E-state index in [9.17, 15) is 22.8 Å². The summed E-state index contributed by atoms with van der Waals surface area (Å²) in [4.78, 5) is 25.2. The maximum Gasteiger partial charge on any atom is 0.310 e. The Balaban J connectivity index is 1.36. The number of esters is 2. The molecule has 0 aromatic rings. The molecule has 0 saturated heterocycles. The van der Waals surface area contributed by atoms with Crippen LogP contribution in [0.3, 0.4) is 0 Å². The van der Waals surface area contributed by atoms with E-state index >= 15 is 0 Å². The van der Waals surface area contributed by atoms with Crippen molar-refractivity contribution in [3.05, 3.63) is 0 Å². The van der Waals surface area contributed by atoms with Crippen molar-refractivity contribution in [3.8, 4) is 0 Å². The van der Waals surface area contributed by atoms with E-state index in [1.807, 2.05) is 0 Å². The summed E-state index contributed by atoms with van der Waals surface area (Å²) < 4.78 is 48.7. The lowest BCUT2D eigenvalue weighted by Crippen LogP contribution is -2.49. The molecule has 0 spiro atoms. The molecular weight excluding hydrogens is 385 g/mol. The van der Waals surface area contributed by atoms with Gasteiger partial charge in [0.1, 0.15) is 6.67 Å². The zero-order valence-electron chi connectivity index (χ0n) is 16.8. The molecule has 164 valence electrons. The molecule has 0 aromatic heterocycles. The van der Waals surface area contributed by atoms with Gasteiger partial charge in [0.2, 0.25) is 0 Å². The van der Waals surface area contributed by atoms with E-state index in [0.717, 1.165) is 43.4 Å². The smallest absolute Gasteiger partial charge is 0.310 e. The van der Waals surface area contributed by atoms with E-state index in [-0.39, 0.29) is 5.41 Å². The number of halogens is 3. The molecule has 0 aromatic carbocycles. The molecule has 0 radical (unpaired) electrons. The van der Waals surface area contributed by atoms with Crippen LogP contribution in [-0.2, 0) is 19.1 Å². The summed E-state index contributed by atoms with van der Waals surface area (Å²) >= 11 is 0. The Labute approximate surface area is 169 Å². The Morgan fingerprint density at radius 3 is 1.90 bits per heavy atom. The minimum Gasteiger partial charge on any atom is -0.465 e. The summed E-state index contributed by atoms with van der Waals surface area (Å²) in [6.45, 7) is -1.03. The van der Waals surface area contributed by atoms with Crippen LogP contribution in [0.5, 0.6) is 0 Å². The van der Waals surface area contributed by atoms with Crippen LogP contribution in [0.1, 0.15) is 64.2 Å². The highest BCUT2D eigenvalue weighted by Crippen LogP contribution is 2.60. The van der Waals surface area contributed by atoms with Crippen molar-refractivity contribution in [2.75, 3.05) is 13.3 Å². The van der Waals surface area contributed by atoms with Crippen molar-refractivity contribution < 1.29 is 32.2 Å². The molecule has 3 unspecified atom stereocenters. The summed E-state index contributed by atoms with van der Waals surface area (Å²) in [7, 11) is 0. The number of hydrogen-bond acceptors (Lipinski definition) is 4. The van der Waals surface area contributed by atoms with Gasteiger partial charge < -0.3 is 9.47 Å². The number of carbonyl (C=O) groups excluding carboxylic acids is 2. The second-order valence-corrected chi connectivity index (χ2v) is 9.99. The van der Waals surface area contributed by atoms with Gasteiger partial charge >= 0.3 is 11.9 Å². The highest BCUT2D eigenvalue weighted by Gasteiger charge is 2.52. The van der Waals surface area contributed by atoms with Crippen molar-refractivity contribution in [3.63, 3.8) is 0 Å². The fourth-order valence-corrected chi connectivity index (χ4v) is 6.88. The second-order valence-electron chi connectivity index (χ2n) is 9.99. The molecule has 0 heterocycles. The lowest BCUT2D eigenvalue weighted by Gasteiger charge is -2.56. The Kier molecular flexibility index (Phi) is 6.12. The molecule has 5 rings (SSSR count). The third kappa shape index (κ3) is 4.43. The van der Waals surface area contributed by atoms with Gasteiger partial charge in [0, 0.05) is 5.41 Å². The second kappa shape index (κ2) is 8.46. The Hall–Kier alpha value is -1.27. The van der Waals surface area contributed by atoms with E-state index in [1.165, 1.54) is 19.3 Å². The van der Waals surface area contributed by atoms with Crippen LogP contribution in [0.2, 0.25) is 0 Å². The first-order chi connectivity index (χ1) is 13.9. The molecule has 7 heteroatoms. The maximum atomic E-state index is 12.8. The molecule has 0 aliphatic heterocycles. The van der Waals surface area contributed by atoms with Crippen LogP contribution >= 0.6 is 0 Å². The summed E-state index contributed by atoms with van der Waals surface area (Å²) in [5, 5.41) is 0. The maximum absolute atomic E-state index is 12.8. The summed E-state index contributed by atoms with van der Waals surface area (Å²) in [5.41, 5.74) is 0.0874. The van der Waals surface area contributed by atoms with Gasteiger partial charge in [0.15, 0.2) is 6.10 Å². The molecule has 29 heavy (non-hydrogen) atoms. The Morgan fingerprint density at radius 1 is 0.897 bits per heavy atom. The molecule has 0 N–H and O–H groups in total. The van der Waals surface area contributed by atoms with E-state index in [1.54, 1.807) is 0 Å². The first kappa shape index (κ1) is 21.0. The molecule has 0 amide bonds. The van der Waals surface area contributed by atoms with E-state index in [0.29, 0.717) is 25.9 Å². The topological polar surface area (TPSA) is 52.6 Å². The van der Waals surface area contributed by atoms with Crippen molar-refractivity contribution >= 4 is 11.9 Å². The zero-order chi connectivity index (χ0) is 20.6. The summed E-state index contributed by atoms with van der Waals surface area (Å²) in [6.07, 6.45) is 4.51. The van der Waals surface area contributed by atoms with Crippen molar-refractivity contribution in [2.24, 2.45) is 35.0 Å². The van der Waals surface area contributed by atoms with Crippen LogP contribution in [0, 0.1) is 35.0 Å². The zero-order valence-corrected chi connectivity index (χ0v) is 16.8. The molecule has 5 fully saturated rings. The fraction of sp³-hybridized carbons (Fsp3) is 0.909. The predicted molar refractivity (Wildman–Crippen MR) is 98.9 cm³/mol. The monoisotopic (exact) mass is 416 g/mol. The number of ether oxygens (including phenoxy) is 2. The highest BCUT2D eigenvalue weighted by atomic mass is 19.3. The predicted octanol–water partition coefficient (Wildman–Crippen LogP) is 4.70. The highest BCUT2D eigenvalue weighted by molar-refractivity contribution is 5.82. The molecule has 3 atom stereocenters. The van der Waals surface area contributed by atoms with Gasteiger partial charge in [-0.2, -0.15) is 0 Å². The van der Waals surface area contributed by atoms with Gasteiger partial charge in [-0.15, -0.1) is 0 Å². The Morgan fingerprint density at radius 2 is 1.41 bits per heavy atom. The summed E-state index contributed by atoms with van der Waals surface area (Å²) in [5.74, 6) is -0.554. The van der Waals surface area contributed by atoms with Crippen LogP contribution in [0.25, 0.3) is 0 Å². The molecular formula is C22H31F3O4. The first-order valence-electron chi connectivity index (χ1n) is 11.1. The molecule has 4 bridgehead atoms. The van der Waals surface area contributed by atoms with E-state index < -0.39 is 43.0 Å². The molecule has 5 saturated carbocycles. The van der Waals surface area contributed by atoms with Gasteiger partial charge in [-0.05, 0) is 69.1 Å². The molecule has 5 aliphatic rings. The SMILES string of the molecule is O=C(OCC12CC3CC(CC(C3)C1)C2)C1CCCCC1C(=O)OC(CF)C(F)F. The summed E-state index contributed by atoms with van der Waals surface area (Å²) in [6, 6.07) is 0. The minimum atomic E-state index is -3.07. The molecule has 4 nitrogen and oxygen atoms in total. The lowest BCUT2D eigenvalue weighted by atomic mass is 9.50. The molecule has 5 aliphatic carbocycles. The largest absolute Gasteiger partial charge is 0.465 e. The van der Waals surface area contributed by atoms with E-state index in [4.69, 9.17) is 4.74 Å². The standard InChI is InChI=1S/C22H31F3O4/c23-11-18(19(24)25)29-21(27)17-4-2-1-3-16(17)20(26)28-12-22-8-13-5-14(9-22)7-15(6-13)10-22/h13-19H,1-12H2. The minimum absolute atomic E-state index is 0.0874. The first-order valence-corrected chi connectivity index (χ1v) is 11.1. The fourth-order valence-electron chi connectivity index (χ4n) is 6.88. The number of rotatable bonds is 7. The van der Waals surface area contributed by atoms with Crippen LogP contribution in [-0.4, -0.2) is 37.7 Å². The van der Waals surface area contributed by atoms with Gasteiger partial charge in [-0.25, -0.2) is 13.2 Å². The van der Waals surface area contributed by atoms with Crippen molar-refractivity contribution in [2.45, 2.75) is 76.7 Å².